The van der Waals surface area contributed by atoms with Crippen molar-refractivity contribution in [1.82, 2.24) is 29.6 Å². The molecule has 1 aliphatic carbocycles. The number of anilines is 2. The highest BCUT2D eigenvalue weighted by Crippen LogP contribution is 2.45. The number of carbonyl (C=O) groups is 1. The molecule has 2 aliphatic rings. The highest BCUT2D eigenvalue weighted by atomic mass is 35.5. The predicted octanol–water partition coefficient (Wildman–Crippen LogP) is 4.29. The Morgan fingerprint density at radius 3 is 2.40 bits per heavy atom. The number of pyridine rings is 1. The number of amides is 1. The number of methoxy groups -OCH3 is 2. The van der Waals surface area contributed by atoms with Crippen molar-refractivity contribution >= 4 is 51.9 Å². The molecule has 2 unspecified atom stereocenters. The highest BCUT2D eigenvalue weighted by Gasteiger charge is 2.37. The largest absolute Gasteiger partial charge is 0.495 e. The number of aromatic nitrogens is 5. The molecule has 4 aromatic rings. The molecule has 2 fully saturated rings. The summed E-state index contributed by atoms with van der Waals surface area (Å²) in [6, 6.07) is 2.70. The Labute approximate surface area is 269 Å². The lowest BCUT2D eigenvalue weighted by atomic mass is 9.81. The van der Waals surface area contributed by atoms with Crippen molar-refractivity contribution in [1.29, 1.82) is 0 Å². The molecule has 1 saturated heterocycles. The first-order valence-corrected chi connectivity index (χ1v) is 15.3. The number of halogens is 2. The van der Waals surface area contributed by atoms with Crippen molar-refractivity contribution in [3.63, 3.8) is 0 Å². The molecular weight excluding hydrogens is 619 g/mol. The molecule has 4 heterocycles. The summed E-state index contributed by atoms with van der Waals surface area (Å²) in [7, 11) is 6.50. The van der Waals surface area contributed by atoms with E-state index in [-0.39, 0.29) is 39.2 Å². The lowest BCUT2D eigenvalue weighted by molar-refractivity contribution is -0.117. The van der Waals surface area contributed by atoms with Crippen LogP contribution in [0.3, 0.4) is 0 Å². The Bertz CT molecular complexity index is 1840. The van der Waals surface area contributed by atoms with Gasteiger partial charge in [-0.25, -0.2) is 4.98 Å². The minimum atomic E-state index is -0.368. The molecule has 1 aliphatic heterocycles. The first kappa shape index (κ1) is 30.7. The number of fused-ring (bicyclic) bond motifs is 1. The third-order valence-corrected chi connectivity index (χ3v) is 9.37. The molecule has 1 saturated carbocycles. The zero-order valence-corrected chi connectivity index (χ0v) is 26.9. The number of nitrogens with one attached hydrogen (secondary N) is 2. The Kier molecular flexibility index (Phi) is 8.36. The fourth-order valence-electron chi connectivity index (χ4n) is 6.04. The average molecular weight is 654 g/mol. The SMILES string of the molecule is C=CC(=O)NC1CN(c2nn(C)cc2C2CCC2)CC1Nc1ncc2cc(-c3c(Cl)c(OC)cc(OC)c3Cl)c(=O)n(C)c2n1. The van der Waals surface area contributed by atoms with E-state index in [1.54, 1.807) is 25.4 Å². The molecule has 0 spiro atoms. The van der Waals surface area contributed by atoms with Crippen LogP contribution in [0.1, 0.15) is 30.7 Å². The molecule has 6 rings (SSSR count). The van der Waals surface area contributed by atoms with Crippen LogP contribution < -0.4 is 30.6 Å². The van der Waals surface area contributed by atoms with Crippen LogP contribution in [0, 0.1) is 0 Å². The van der Waals surface area contributed by atoms with Crippen molar-refractivity contribution in [3.8, 4) is 22.6 Å². The second-order valence-electron chi connectivity index (χ2n) is 11.4. The molecule has 2 N–H and O–H groups in total. The van der Waals surface area contributed by atoms with Gasteiger partial charge in [0.05, 0.1) is 41.9 Å². The Hall–Kier alpha value is -4.29. The zero-order chi connectivity index (χ0) is 32.0. The number of hydrogen-bond acceptors (Lipinski definition) is 9. The smallest absolute Gasteiger partial charge is 0.259 e. The maximum atomic E-state index is 13.7. The molecule has 1 amide bonds. The Morgan fingerprint density at radius 2 is 1.78 bits per heavy atom. The molecule has 1 aromatic carbocycles. The topological polar surface area (TPSA) is 128 Å². The summed E-state index contributed by atoms with van der Waals surface area (Å²) in [5.41, 5.74) is 1.81. The van der Waals surface area contributed by atoms with Crippen molar-refractivity contribution in [2.24, 2.45) is 14.1 Å². The molecule has 14 heteroatoms. The number of carbonyl (C=O) groups excluding carboxylic acids is 1. The van der Waals surface area contributed by atoms with Crippen LogP contribution in [0.5, 0.6) is 11.5 Å². The normalized spacial score (nSPS) is 18.1. The third-order valence-electron chi connectivity index (χ3n) is 8.62. The van der Waals surface area contributed by atoms with E-state index in [0.29, 0.717) is 53.1 Å². The molecule has 2 atom stereocenters. The first-order valence-electron chi connectivity index (χ1n) is 14.6. The van der Waals surface area contributed by atoms with Crippen LogP contribution in [-0.2, 0) is 18.9 Å². The van der Waals surface area contributed by atoms with Gasteiger partial charge in [0.2, 0.25) is 11.9 Å². The molecule has 0 radical (unpaired) electrons. The summed E-state index contributed by atoms with van der Waals surface area (Å²) in [6.45, 7) is 4.72. The molecule has 236 valence electrons. The minimum Gasteiger partial charge on any atom is -0.495 e. The van der Waals surface area contributed by atoms with Crippen molar-refractivity contribution < 1.29 is 14.3 Å². The molecule has 0 bridgehead atoms. The van der Waals surface area contributed by atoms with Crippen LogP contribution >= 0.6 is 23.2 Å². The maximum absolute atomic E-state index is 13.7. The van der Waals surface area contributed by atoms with Crippen LogP contribution in [0.4, 0.5) is 11.8 Å². The van der Waals surface area contributed by atoms with E-state index in [1.165, 1.54) is 36.8 Å². The van der Waals surface area contributed by atoms with Crippen LogP contribution in [0.15, 0.2) is 42.0 Å². The highest BCUT2D eigenvalue weighted by molar-refractivity contribution is 6.41. The van der Waals surface area contributed by atoms with E-state index in [2.05, 4.69) is 33.3 Å². The number of ether oxygens (including phenoxy) is 2. The first-order chi connectivity index (χ1) is 21.6. The van der Waals surface area contributed by atoms with Gasteiger partial charge in [0.15, 0.2) is 5.82 Å². The van der Waals surface area contributed by atoms with Gasteiger partial charge in [-0.1, -0.05) is 36.2 Å². The van der Waals surface area contributed by atoms with Gasteiger partial charge in [-0.05, 0) is 30.9 Å². The van der Waals surface area contributed by atoms with E-state index < -0.39 is 0 Å². The van der Waals surface area contributed by atoms with Gasteiger partial charge in [0.1, 0.15) is 17.1 Å². The van der Waals surface area contributed by atoms with Crippen LogP contribution in [0.2, 0.25) is 10.0 Å². The van der Waals surface area contributed by atoms with Gasteiger partial charge in [0, 0.05) is 62.2 Å². The fraction of sp³-hybridized carbons (Fsp3) is 0.387. The van der Waals surface area contributed by atoms with E-state index in [1.807, 2.05) is 11.7 Å². The van der Waals surface area contributed by atoms with E-state index >= 15 is 0 Å². The van der Waals surface area contributed by atoms with Crippen molar-refractivity contribution in [2.45, 2.75) is 37.3 Å². The van der Waals surface area contributed by atoms with Gasteiger partial charge in [-0.2, -0.15) is 10.1 Å². The number of aryl methyl sites for hydroxylation is 2. The molecule has 12 nitrogen and oxygen atoms in total. The molecule has 45 heavy (non-hydrogen) atoms. The summed E-state index contributed by atoms with van der Waals surface area (Å²) in [5, 5.41) is 12.2. The number of rotatable bonds is 9. The van der Waals surface area contributed by atoms with Gasteiger partial charge in [-0.15, -0.1) is 0 Å². The summed E-state index contributed by atoms with van der Waals surface area (Å²) in [6.07, 6.45) is 8.51. The Balaban J connectivity index is 1.34. The van der Waals surface area contributed by atoms with Gasteiger partial charge in [-0.3, -0.25) is 18.8 Å². The average Bonchev–Trinajstić information content (AvgIpc) is 3.57. The number of hydrogen-bond donors (Lipinski definition) is 2. The second kappa shape index (κ2) is 12.2. The number of benzene rings is 1. The van der Waals surface area contributed by atoms with E-state index in [4.69, 9.17) is 42.8 Å². The summed E-state index contributed by atoms with van der Waals surface area (Å²) in [5.74, 6) is 2.12. The lowest BCUT2D eigenvalue weighted by Gasteiger charge is -2.27. The summed E-state index contributed by atoms with van der Waals surface area (Å²) in [4.78, 5) is 37.5. The predicted molar refractivity (Wildman–Crippen MR) is 175 cm³/mol. The third kappa shape index (κ3) is 5.57. The van der Waals surface area contributed by atoms with E-state index in [9.17, 15) is 9.59 Å². The summed E-state index contributed by atoms with van der Waals surface area (Å²) >= 11 is 13.3. The standard InChI is InChI=1S/C31H34Cl2N8O4/c1-6-24(42)35-20-14-41(29-19(13-39(2)38-29)16-8-7-9-16)15-21(20)36-31-34-12-17-10-18(30(43)40(3)28(17)37-31)25-26(32)22(44-4)11-23(45-5)27(25)33/h6,10-13,16,20-21H,1,7-9,14-15H2,2-5H3,(H,35,42)(H,34,36,37). The molecule has 3 aromatic heterocycles. The second-order valence-corrected chi connectivity index (χ2v) is 12.1. The summed E-state index contributed by atoms with van der Waals surface area (Å²) < 4.78 is 14.1. The van der Waals surface area contributed by atoms with Gasteiger partial charge in [0.25, 0.3) is 5.56 Å². The Morgan fingerprint density at radius 1 is 1.09 bits per heavy atom. The fourth-order valence-corrected chi connectivity index (χ4v) is 6.75. The molecular formula is C31H34Cl2N8O4. The van der Waals surface area contributed by atoms with Gasteiger partial charge >= 0.3 is 0 Å². The minimum absolute atomic E-state index is 0.186. The van der Waals surface area contributed by atoms with Crippen molar-refractivity contribution in [3.05, 3.63) is 63.1 Å². The number of nitrogens with zero attached hydrogens (tertiary/aromatic N) is 6. The van der Waals surface area contributed by atoms with Crippen LogP contribution in [0.25, 0.3) is 22.2 Å². The van der Waals surface area contributed by atoms with Crippen LogP contribution in [-0.4, -0.2) is 69.6 Å². The van der Waals surface area contributed by atoms with E-state index in [0.717, 1.165) is 18.7 Å². The van der Waals surface area contributed by atoms with Crippen molar-refractivity contribution in [2.75, 3.05) is 37.5 Å². The lowest BCUT2D eigenvalue weighted by Crippen LogP contribution is -2.45. The zero-order valence-electron chi connectivity index (χ0n) is 25.4. The quantitative estimate of drug-likeness (QED) is 0.254. The van der Waals surface area contributed by atoms with Gasteiger partial charge < -0.3 is 25.0 Å². The monoisotopic (exact) mass is 652 g/mol. The maximum Gasteiger partial charge on any atom is 0.259 e.